The van der Waals surface area contributed by atoms with Gasteiger partial charge >= 0.3 is 6.18 Å². The summed E-state index contributed by atoms with van der Waals surface area (Å²) in [5.74, 6) is -1.20. The zero-order chi connectivity index (χ0) is 11.3. The molecular weight excluding hydrogens is 223 g/mol. The number of hydrogen-bond donors (Lipinski definition) is 1. The Morgan fingerprint density at radius 1 is 1.20 bits per heavy atom. The molecule has 1 nitrogen and oxygen atoms in total. The van der Waals surface area contributed by atoms with E-state index in [-0.39, 0.29) is 12.3 Å². The summed E-state index contributed by atoms with van der Waals surface area (Å²) < 4.78 is 37.1. The van der Waals surface area contributed by atoms with E-state index >= 15 is 0 Å². The first kappa shape index (κ1) is 13.2. The molecule has 1 atom stereocenters. The van der Waals surface area contributed by atoms with E-state index < -0.39 is 12.1 Å². The second-order valence-corrected chi connectivity index (χ2v) is 5.40. The Morgan fingerprint density at radius 2 is 1.80 bits per heavy atom. The quantitative estimate of drug-likeness (QED) is 0.818. The highest BCUT2D eigenvalue weighted by molar-refractivity contribution is 7.99. The summed E-state index contributed by atoms with van der Waals surface area (Å²) in [6.45, 7) is -0.288. The van der Waals surface area contributed by atoms with Gasteiger partial charge in [-0.3, -0.25) is 0 Å². The predicted octanol–water partition coefficient (Wildman–Crippen LogP) is 3.19. The molecule has 0 spiro atoms. The molecule has 90 valence electrons. The van der Waals surface area contributed by atoms with Crippen LogP contribution in [0.3, 0.4) is 0 Å². The Bertz CT molecular complexity index is 178. The van der Waals surface area contributed by atoms with Gasteiger partial charge in [0.05, 0.1) is 5.92 Å². The van der Waals surface area contributed by atoms with E-state index in [0.29, 0.717) is 5.25 Å². The van der Waals surface area contributed by atoms with Crippen LogP contribution >= 0.6 is 11.8 Å². The van der Waals surface area contributed by atoms with Crippen molar-refractivity contribution in [2.45, 2.75) is 43.5 Å². The Kier molecular flexibility index (Phi) is 5.26. The Balaban J connectivity index is 2.27. The molecule has 0 aromatic heterocycles. The molecule has 0 aliphatic heterocycles. The van der Waals surface area contributed by atoms with Crippen LogP contribution in [0.25, 0.3) is 0 Å². The van der Waals surface area contributed by atoms with Gasteiger partial charge in [-0.15, -0.1) is 0 Å². The van der Waals surface area contributed by atoms with Gasteiger partial charge in [-0.25, -0.2) is 0 Å². The molecule has 1 aliphatic carbocycles. The van der Waals surface area contributed by atoms with Gasteiger partial charge < -0.3 is 5.73 Å². The first-order chi connectivity index (χ1) is 7.04. The van der Waals surface area contributed by atoms with Crippen molar-refractivity contribution < 1.29 is 13.2 Å². The van der Waals surface area contributed by atoms with E-state index in [1.807, 2.05) is 0 Å². The van der Waals surface area contributed by atoms with Crippen molar-refractivity contribution in [2.24, 2.45) is 11.7 Å². The van der Waals surface area contributed by atoms with Crippen molar-refractivity contribution in [3.05, 3.63) is 0 Å². The van der Waals surface area contributed by atoms with Crippen molar-refractivity contribution >= 4 is 11.8 Å². The molecular formula is C10H18F3NS. The lowest BCUT2D eigenvalue weighted by Gasteiger charge is -2.24. The van der Waals surface area contributed by atoms with Crippen molar-refractivity contribution in [3.63, 3.8) is 0 Å². The van der Waals surface area contributed by atoms with E-state index in [4.69, 9.17) is 5.73 Å². The number of rotatable bonds is 4. The maximum absolute atomic E-state index is 12.4. The summed E-state index contributed by atoms with van der Waals surface area (Å²) in [5, 5.41) is 0.426. The minimum Gasteiger partial charge on any atom is -0.330 e. The summed E-state index contributed by atoms with van der Waals surface area (Å²) in [5.41, 5.74) is 5.14. The lowest BCUT2D eigenvalue weighted by atomic mass is 10.0. The third kappa shape index (κ3) is 4.64. The second-order valence-electron chi connectivity index (χ2n) is 4.07. The van der Waals surface area contributed by atoms with Gasteiger partial charge in [0.15, 0.2) is 0 Å². The molecule has 0 aromatic rings. The van der Waals surface area contributed by atoms with Gasteiger partial charge in [0.1, 0.15) is 0 Å². The lowest BCUT2D eigenvalue weighted by Crippen LogP contribution is -2.32. The third-order valence-electron chi connectivity index (χ3n) is 2.83. The zero-order valence-electron chi connectivity index (χ0n) is 8.72. The monoisotopic (exact) mass is 241 g/mol. The molecule has 0 heterocycles. The maximum atomic E-state index is 12.4. The fourth-order valence-electron chi connectivity index (χ4n) is 1.78. The van der Waals surface area contributed by atoms with E-state index in [9.17, 15) is 13.2 Å². The van der Waals surface area contributed by atoms with E-state index in [1.54, 1.807) is 0 Å². The van der Waals surface area contributed by atoms with Gasteiger partial charge in [0.25, 0.3) is 0 Å². The standard InChI is InChI=1S/C10H18F3NS/c11-10(12,13)8(6-14)7-15-9-4-2-1-3-5-9/h8-9H,1-7,14H2. The normalized spacial score (nSPS) is 21.6. The number of nitrogens with two attached hydrogens (primary N) is 1. The molecule has 1 fully saturated rings. The number of alkyl halides is 3. The molecule has 1 unspecified atom stereocenters. The summed E-state index contributed by atoms with van der Waals surface area (Å²) in [6, 6.07) is 0. The molecule has 1 saturated carbocycles. The molecule has 0 saturated heterocycles. The molecule has 2 N–H and O–H groups in total. The van der Waals surface area contributed by atoms with Crippen LogP contribution in [0.5, 0.6) is 0 Å². The largest absolute Gasteiger partial charge is 0.393 e. The van der Waals surface area contributed by atoms with Crippen LogP contribution < -0.4 is 5.73 Å². The smallest absolute Gasteiger partial charge is 0.330 e. The molecule has 1 rings (SSSR count). The van der Waals surface area contributed by atoms with Gasteiger partial charge in [-0.1, -0.05) is 19.3 Å². The molecule has 15 heavy (non-hydrogen) atoms. The van der Waals surface area contributed by atoms with Crippen molar-refractivity contribution in [1.82, 2.24) is 0 Å². The summed E-state index contributed by atoms with van der Waals surface area (Å²) in [7, 11) is 0. The third-order valence-corrected chi connectivity index (χ3v) is 4.37. The van der Waals surface area contributed by atoms with Crippen LogP contribution in [0.15, 0.2) is 0 Å². The molecule has 0 amide bonds. The fraction of sp³-hybridized carbons (Fsp3) is 1.00. The Hall–Kier alpha value is 0.100. The van der Waals surface area contributed by atoms with E-state index in [2.05, 4.69) is 0 Å². The number of thioether (sulfide) groups is 1. The molecule has 5 heteroatoms. The van der Waals surface area contributed by atoms with Crippen molar-refractivity contribution in [2.75, 3.05) is 12.3 Å². The minimum absolute atomic E-state index is 0.130. The van der Waals surface area contributed by atoms with Crippen LogP contribution in [-0.2, 0) is 0 Å². The van der Waals surface area contributed by atoms with Gasteiger partial charge in [-0.05, 0) is 12.8 Å². The highest BCUT2D eigenvalue weighted by Crippen LogP contribution is 2.33. The van der Waals surface area contributed by atoms with E-state index in [1.165, 1.54) is 18.2 Å². The lowest BCUT2D eigenvalue weighted by molar-refractivity contribution is -0.165. The second kappa shape index (κ2) is 5.99. The topological polar surface area (TPSA) is 26.0 Å². The van der Waals surface area contributed by atoms with Crippen LogP contribution in [0.4, 0.5) is 13.2 Å². The highest BCUT2D eigenvalue weighted by Gasteiger charge is 2.38. The first-order valence-corrected chi connectivity index (χ1v) is 6.47. The van der Waals surface area contributed by atoms with Gasteiger partial charge in [-0.2, -0.15) is 24.9 Å². The van der Waals surface area contributed by atoms with Gasteiger partial charge in [0, 0.05) is 17.5 Å². The molecule has 0 radical (unpaired) electrons. The number of hydrogen-bond acceptors (Lipinski definition) is 2. The van der Waals surface area contributed by atoms with Gasteiger partial charge in [0.2, 0.25) is 0 Å². The summed E-state index contributed by atoms with van der Waals surface area (Å²) in [6.07, 6.45) is 1.57. The fourth-order valence-corrected chi connectivity index (χ4v) is 3.28. The SMILES string of the molecule is NCC(CSC1CCCCC1)C(F)(F)F. The average Bonchev–Trinajstić information content (AvgIpc) is 2.18. The Morgan fingerprint density at radius 3 is 2.27 bits per heavy atom. The molecule has 1 aliphatic rings. The van der Waals surface area contributed by atoms with Crippen LogP contribution in [-0.4, -0.2) is 23.7 Å². The maximum Gasteiger partial charge on any atom is 0.393 e. The zero-order valence-corrected chi connectivity index (χ0v) is 9.54. The van der Waals surface area contributed by atoms with Crippen molar-refractivity contribution in [3.8, 4) is 0 Å². The molecule has 0 aromatic carbocycles. The van der Waals surface area contributed by atoms with Crippen LogP contribution in [0.1, 0.15) is 32.1 Å². The predicted molar refractivity (Wildman–Crippen MR) is 57.9 cm³/mol. The number of halogens is 3. The van der Waals surface area contributed by atoms with E-state index in [0.717, 1.165) is 25.7 Å². The average molecular weight is 241 g/mol. The Labute approximate surface area is 93.0 Å². The van der Waals surface area contributed by atoms with Crippen LogP contribution in [0.2, 0.25) is 0 Å². The van der Waals surface area contributed by atoms with Crippen LogP contribution in [0, 0.1) is 5.92 Å². The minimum atomic E-state index is -4.13. The highest BCUT2D eigenvalue weighted by atomic mass is 32.2. The van der Waals surface area contributed by atoms with Crippen molar-refractivity contribution in [1.29, 1.82) is 0 Å². The molecule has 0 bridgehead atoms. The first-order valence-electron chi connectivity index (χ1n) is 5.42. The summed E-state index contributed by atoms with van der Waals surface area (Å²) >= 11 is 1.46. The summed E-state index contributed by atoms with van der Waals surface area (Å²) in [4.78, 5) is 0.